The lowest BCUT2D eigenvalue weighted by atomic mass is 9.89. The highest BCUT2D eigenvalue weighted by Gasteiger charge is 2.53. The molecule has 1 aromatic carbocycles. The molecule has 3 unspecified atom stereocenters. The molecule has 13 heteroatoms. The third kappa shape index (κ3) is 10.0. The Hall–Kier alpha value is -3.26. The predicted molar refractivity (Wildman–Crippen MR) is 214 cm³/mol. The first kappa shape index (κ1) is 44.5. The van der Waals surface area contributed by atoms with Gasteiger partial charge in [-0.05, 0) is 80.5 Å². The maximum absolute atomic E-state index is 14.4. The van der Waals surface area contributed by atoms with E-state index in [-0.39, 0.29) is 66.5 Å². The number of methoxy groups -OCH3 is 2. The Balaban J connectivity index is 1.45. The number of ether oxygens (including phenoxy) is 2. The average Bonchev–Trinajstić information content (AvgIpc) is 3.86. The molecular formula is C42H70N6O7. The van der Waals surface area contributed by atoms with Crippen molar-refractivity contribution in [2.45, 2.75) is 135 Å². The van der Waals surface area contributed by atoms with Crippen molar-refractivity contribution in [1.82, 2.24) is 25.3 Å². The molecule has 0 aromatic heterocycles. The number of piperidine rings is 1. The second kappa shape index (κ2) is 19.7. The van der Waals surface area contributed by atoms with E-state index in [1.165, 1.54) is 0 Å². The Labute approximate surface area is 329 Å². The van der Waals surface area contributed by atoms with Gasteiger partial charge in [-0.2, -0.15) is 0 Å². The molecule has 4 amide bonds. The Bertz CT molecular complexity index is 1440. The van der Waals surface area contributed by atoms with Crippen LogP contribution in [0.5, 0.6) is 0 Å². The lowest BCUT2D eigenvalue weighted by Gasteiger charge is -2.41. The fraction of sp³-hybridized carbons (Fsp3) is 0.762. The van der Waals surface area contributed by atoms with Crippen LogP contribution in [0, 0.1) is 29.6 Å². The number of likely N-dealkylation sites (N-methyl/N-ethyl adjacent to an activating group) is 2. The predicted octanol–water partition coefficient (Wildman–Crippen LogP) is 3.08. The molecule has 55 heavy (non-hydrogen) atoms. The zero-order valence-electron chi connectivity index (χ0n) is 35.0. The van der Waals surface area contributed by atoms with Gasteiger partial charge in [-0.15, -0.1) is 0 Å². The molecule has 2 bridgehead atoms. The van der Waals surface area contributed by atoms with Crippen LogP contribution in [0.25, 0.3) is 0 Å². The first-order chi connectivity index (χ1) is 26.1. The van der Waals surface area contributed by atoms with Crippen LogP contribution in [0.3, 0.4) is 0 Å². The molecular weight excluding hydrogens is 700 g/mol. The van der Waals surface area contributed by atoms with E-state index < -0.39 is 36.3 Å². The number of nitrogens with two attached hydrogens (primary N) is 1. The number of nitrogens with one attached hydrogen (secondary N) is 2. The molecule has 0 spiro atoms. The third-order valence-electron chi connectivity index (χ3n) is 13.2. The third-order valence-corrected chi connectivity index (χ3v) is 13.2. The second-order valence-corrected chi connectivity index (χ2v) is 16.9. The van der Waals surface area contributed by atoms with Gasteiger partial charge in [0.1, 0.15) is 6.04 Å². The maximum atomic E-state index is 14.4. The van der Waals surface area contributed by atoms with E-state index in [1.807, 2.05) is 33.0 Å². The number of benzene rings is 1. The smallest absolute Gasteiger partial charge is 0.245 e. The Morgan fingerprint density at radius 3 is 2.24 bits per heavy atom. The van der Waals surface area contributed by atoms with E-state index in [0.29, 0.717) is 37.0 Å². The summed E-state index contributed by atoms with van der Waals surface area (Å²) in [5.74, 6) is -0.711. The highest BCUT2D eigenvalue weighted by molar-refractivity contribution is 5.90. The number of nitrogens with zero attached hydrogens (tertiary/aromatic N) is 3. The lowest BCUT2D eigenvalue weighted by Crippen LogP contribution is -2.60. The van der Waals surface area contributed by atoms with E-state index in [4.69, 9.17) is 15.2 Å². The highest BCUT2D eigenvalue weighted by Crippen LogP contribution is 2.46. The fourth-order valence-corrected chi connectivity index (χ4v) is 9.79. The summed E-state index contributed by atoms with van der Waals surface area (Å²) in [5.41, 5.74) is 7.40. The molecule has 1 aromatic rings. The second-order valence-electron chi connectivity index (χ2n) is 16.9. The van der Waals surface area contributed by atoms with Crippen LogP contribution >= 0.6 is 0 Å². The number of fused-ring (bicyclic) bond motifs is 2. The minimum Gasteiger partial charge on any atom is -0.399 e. The molecule has 1 aliphatic carbocycles. The monoisotopic (exact) mass is 771 g/mol. The number of amides is 4. The van der Waals surface area contributed by atoms with Crippen LogP contribution in [0.15, 0.2) is 24.3 Å². The summed E-state index contributed by atoms with van der Waals surface area (Å²) < 4.78 is 12.0. The largest absolute Gasteiger partial charge is 0.399 e. The number of carbonyl (C=O) groups is 4. The summed E-state index contributed by atoms with van der Waals surface area (Å²) >= 11 is 0. The minimum absolute atomic E-state index is 0.00899. The zero-order valence-corrected chi connectivity index (χ0v) is 35.0. The molecule has 3 aliphatic rings. The minimum atomic E-state index is -0.727. The fourth-order valence-electron chi connectivity index (χ4n) is 9.79. The first-order valence-corrected chi connectivity index (χ1v) is 20.5. The van der Waals surface area contributed by atoms with Gasteiger partial charge in [0, 0.05) is 39.5 Å². The van der Waals surface area contributed by atoms with Crippen LogP contribution in [0.4, 0.5) is 5.69 Å². The Morgan fingerprint density at radius 1 is 1.02 bits per heavy atom. The van der Waals surface area contributed by atoms with Crippen molar-refractivity contribution in [2.24, 2.45) is 29.6 Å². The number of hydrogen-bond donors (Lipinski definition) is 4. The normalized spacial score (nSPS) is 26.3. The Morgan fingerprint density at radius 2 is 1.69 bits per heavy atom. The molecule has 1 saturated carbocycles. The number of hydrogen-bond acceptors (Lipinski definition) is 9. The van der Waals surface area contributed by atoms with Crippen LogP contribution in [0.1, 0.15) is 85.6 Å². The molecule has 5 N–H and O–H groups in total. The quantitative estimate of drug-likeness (QED) is 0.155. The standard InChI is InChI=1S/C42H70N6O7/c1-11-25(4)37(47(8)42(53)36(24(2)3)45-41(52)38-31-18-19-32(26(31)5)46(38)7)34(54-9)22-35(50)48-20-12-13-33(48)39(55-10)27(6)40(51)44-30(23-49)21-28-14-16-29(43)17-15-28/h14-17,24-27,30-34,36-39,49H,11-13,18-23,43H2,1-10H3,(H,44,51)(H,45,52)/t25-,26-,27+,30-,31?,32?,33-,34+,36-,37?,38-,39+/m0/s1. The summed E-state index contributed by atoms with van der Waals surface area (Å²) in [6.45, 7) is 12.3. The van der Waals surface area contributed by atoms with Crippen molar-refractivity contribution in [3.63, 3.8) is 0 Å². The Kier molecular flexibility index (Phi) is 16.0. The maximum Gasteiger partial charge on any atom is 0.245 e. The SMILES string of the molecule is CC[C@H](C)C([C@@H](CC(=O)N1CCC[C@H]1[C@H](OC)[C@@H](C)C(=O)N[C@H](CO)Cc1ccc(N)cc1)OC)N(C)C(=O)[C@@H](NC(=O)[C@@H]1C2CCC([C@H]2C)N1C)C(C)C. The lowest BCUT2D eigenvalue weighted by molar-refractivity contribution is -0.148. The van der Waals surface area contributed by atoms with Gasteiger partial charge in [0.2, 0.25) is 23.6 Å². The van der Waals surface area contributed by atoms with Gasteiger partial charge < -0.3 is 40.7 Å². The van der Waals surface area contributed by atoms with Crippen molar-refractivity contribution >= 4 is 29.3 Å². The molecule has 310 valence electrons. The van der Waals surface area contributed by atoms with Gasteiger partial charge in [-0.1, -0.05) is 60.1 Å². The first-order valence-electron chi connectivity index (χ1n) is 20.5. The number of likely N-dealkylation sites (tertiary alicyclic amines) is 2. The van der Waals surface area contributed by atoms with Crippen molar-refractivity contribution in [2.75, 3.05) is 47.2 Å². The van der Waals surface area contributed by atoms with Crippen LogP contribution < -0.4 is 16.4 Å². The van der Waals surface area contributed by atoms with E-state index >= 15 is 0 Å². The molecule has 13 nitrogen and oxygen atoms in total. The zero-order chi connectivity index (χ0) is 40.7. The van der Waals surface area contributed by atoms with E-state index in [9.17, 15) is 24.3 Å². The van der Waals surface area contributed by atoms with Gasteiger partial charge in [0.15, 0.2) is 0 Å². The van der Waals surface area contributed by atoms with Crippen LogP contribution in [0.2, 0.25) is 0 Å². The number of anilines is 1. The van der Waals surface area contributed by atoms with Crippen LogP contribution in [-0.2, 0) is 35.1 Å². The molecule has 2 aliphatic heterocycles. The average molecular weight is 771 g/mol. The summed E-state index contributed by atoms with van der Waals surface area (Å²) in [6.07, 6.45) is 3.60. The number of carbonyl (C=O) groups excluding carboxylic acids is 4. The number of aliphatic hydroxyl groups excluding tert-OH is 1. The van der Waals surface area contributed by atoms with Crippen molar-refractivity contribution in [3.8, 4) is 0 Å². The molecule has 2 heterocycles. The van der Waals surface area contributed by atoms with E-state index in [2.05, 4.69) is 36.3 Å². The summed E-state index contributed by atoms with van der Waals surface area (Å²) in [7, 11) is 6.92. The number of aliphatic hydroxyl groups is 1. The van der Waals surface area contributed by atoms with Crippen molar-refractivity contribution in [1.29, 1.82) is 0 Å². The van der Waals surface area contributed by atoms with Crippen molar-refractivity contribution < 1.29 is 33.8 Å². The van der Waals surface area contributed by atoms with Gasteiger partial charge in [0.25, 0.3) is 0 Å². The molecule has 3 fully saturated rings. The van der Waals surface area contributed by atoms with Gasteiger partial charge in [0.05, 0.1) is 55.3 Å². The molecule has 0 radical (unpaired) electrons. The molecule has 2 saturated heterocycles. The summed E-state index contributed by atoms with van der Waals surface area (Å²) in [6, 6.07) is 5.48. The van der Waals surface area contributed by atoms with Crippen molar-refractivity contribution in [3.05, 3.63) is 29.8 Å². The molecule has 4 rings (SSSR count). The van der Waals surface area contributed by atoms with Gasteiger partial charge >= 0.3 is 0 Å². The highest BCUT2D eigenvalue weighted by atomic mass is 16.5. The van der Waals surface area contributed by atoms with E-state index in [1.54, 1.807) is 50.1 Å². The van der Waals surface area contributed by atoms with Gasteiger partial charge in [-0.25, -0.2) is 0 Å². The van der Waals surface area contributed by atoms with Gasteiger partial charge in [-0.3, -0.25) is 24.1 Å². The number of nitrogen functional groups attached to an aromatic ring is 1. The summed E-state index contributed by atoms with van der Waals surface area (Å²) in [4.78, 5) is 61.6. The summed E-state index contributed by atoms with van der Waals surface area (Å²) in [5, 5.41) is 16.2. The topological polar surface area (TPSA) is 167 Å². The van der Waals surface area contributed by atoms with E-state index in [0.717, 1.165) is 31.2 Å². The number of rotatable bonds is 19. The molecule has 12 atom stereocenters. The van der Waals surface area contributed by atoms with Crippen LogP contribution in [-0.4, -0.2) is 133 Å².